The molecule has 1 aliphatic rings. The lowest BCUT2D eigenvalue weighted by molar-refractivity contribution is 0.0747. The largest absolute Gasteiger partial charge is 0.345 e. The molecule has 1 saturated heterocycles. The van der Waals surface area contributed by atoms with Gasteiger partial charge >= 0.3 is 0 Å². The molecule has 2 heterocycles. The zero-order valence-corrected chi connectivity index (χ0v) is 14.8. The first-order valence-corrected chi connectivity index (χ1v) is 10.2. The van der Waals surface area contributed by atoms with Crippen molar-refractivity contribution < 1.29 is 13.2 Å². The highest BCUT2D eigenvalue weighted by molar-refractivity contribution is 7.92. The highest BCUT2D eigenvalue weighted by atomic mass is 32.2. The molecular weight excluding hydrogens is 348 g/mol. The quantitative estimate of drug-likeness (QED) is 0.886. The second-order valence-electron chi connectivity index (χ2n) is 5.55. The van der Waals surface area contributed by atoms with Crippen LogP contribution in [0.15, 0.2) is 35.8 Å². The first kappa shape index (κ1) is 16.7. The molecule has 0 spiro atoms. The molecule has 0 unspecified atom stereocenters. The molecule has 0 bridgehead atoms. The number of benzene rings is 1. The van der Waals surface area contributed by atoms with E-state index in [1.54, 1.807) is 46.7 Å². The molecule has 0 saturated carbocycles. The number of hydrogen-bond acceptors (Lipinski definition) is 6. The summed E-state index contributed by atoms with van der Waals surface area (Å²) in [5.74, 6) is -0.0917. The molecule has 1 amide bonds. The number of anilines is 2. The molecule has 1 aliphatic heterocycles. The highest BCUT2D eigenvalue weighted by Crippen LogP contribution is 2.20. The van der Waals surface area contributed by atoms with Crippen molar-refractivity contribution in [2.45, 2.75) is 0 Å². The van der Waals surface area contributed by atoms with Gasteiger partial charge in [-0.05, 0) is 18.2 Å². The van der Waals surface area contributed by atoms with Crippen molar-refractivity contribution in [2.24, 2.45) is 0 Å². The molecule has 3 rings (SSSR count). The molecule has 7 nitrogen and oxygen atoms in total. The molecule has 1 N–H and O–H groups in total. The number of aromatic nitrogens is 1. The van der Waals surface area contributed by atoms with Gasteiger partial charge < -0.3 is 9.80 Å². The van der Waals surface area contributed by atoms with Gasteiger partial charge in [-0.25, -0.2) is 13.4 Å². The molecule has 0 radical (unpaired) electrons. The van der Waals surface area contributed by atoms with Gasteiger partial charge in [0, 0.05) is 49.0 Å². The minimum absolute atomic E-state index is 0.0917. The Labute approximate surface area is 145 Å². The highest BCUT2D eigenvalue weighted by Gasteiger charge is 2.23. The summed E-state index contributed by atoms with van der Waals surface area (Å²) >= 11 is 1.59. The Balaban J connectivity index is 1.66. The van der Waals surface area contributed by atoms with Gasteiger partial charge in [0.05, 0.1) is 6.26 Å². The van der Waals surface area contributed by atoms with Crippen LogP contribution in [-0.4, -0.2) is 56.6 Å². The summed E-state index contributed by atoms with van der Waals surface area (Å²) in [6.07, 6.45) is 2.86. The van der Waals surface area contributed by atoms with Crippen LogP contribution in [0.1, 0.15) is 10.4 Å². The maximum absolute atomic E-state index is 12.6. The molecule has 2 aromatic rings. The Morgan fingerprint density at radius 3 is 2.62 bits per heavy atom. The van der Waals surface area contributed by atoms with Gasteiger partial charge in [-0.1, -0.05) is 6.07 Å². The lowest BCUT2D eigenvalue weighted by Gasteiger charge is -2.34. The molecule has 0 aliphatic carbocycles. The predicted octanol–water partition coefficient (Wildman–Crippen LogP) is 1.48. The number of rotatable bonds is 4. The number of nitrogens with zero attached hydrogens (tertiary/aromatic N) is 3. The Hall–Kier alpha value is -2.13. The van der Waals surface area contributed by atoms with Crippen LogP contribution in [0, 0.1) is 0 Å². The Morgan fingerprint density at radius 2 is 2.00 bits per heavy atom. The van der Waals surface area contributed by atoms with E-state index in [0.29, 0.717) is 24.3 Å². The summed E-state index contributed by atoms with van der Waals surface area (Å²) in [5.41, 5.74) is 0.871. The van der Waals surface area contributed by atoms with E-state index < -0.39 is 10.0 Å². The summed E-state index contributed by atoms with van der Waals surface area (Å²) in [5, 5.41) is 2.91. The summed E-state index contributed by atoms with van der Waals surface area (Å²) in [6.45, 7) is 2.70. The van der Waals surface area contributed by atoms with Crippen molar-refractivity contribution in [3.8, 4) is 0 Å². The number of sulfonamides is 1. The zero-order valence-electron chi connectivity index (χ0n) is 13.2. The molecule has 1 aromatic heterocycles. The number of nitrogens with one attached hydrogen (secondary N) is 1. The van der Waals surface area contributed by atoms with E-state index in [2.05, 4.69) is 14.6 Å². The van der Waals surface area contributed by atoms with E-state index in [1.165, 1.54) is 0 Å². The standard InChI is InChI=1S/C15H18N4O3S2/c1-24(21,22)17-13-4-2-3-12(11-13)14(20)18-6-8-19(9-7-18)15-16-5-10-23-15/h2-5,10-11,17H,6-9H2,1H3. The number of carbonyl (C=O) groups excluding carboxylic acids is 1. The second-order valence-corrected chi connectivity index (χ2v) is 8.17. The van der Waals surface area contributed by atoms with Crippen LogP contribution in [0.5, 0.6) is 0 Å². The fourth-order valence-corrected chi connectivity index (χ4v) is 3.84. The first-order valence-electron chi connectivity index (χ1n) is 7.44. The van der Waals surface area contributed by atoms with Gasteiger partial charge in [0.15, 0.2) is 5.13 Å². The molecule has 9 heteroatoms. The topological polar surface area (TPSA) is 82.6 Å². The molecule has 128 valence electrons. The molecular formula is C15H18N4O3S2. The maximum atomic E-state index is 12.6. The van der Waals surface area contributed by atoms with Gasteiger partial charge in [0.2, 0.25) is 10.0 Å². The van der Waals surface area contributed by atoms with Crippen LogP contribution in [0.2, 0.25) is 0 Å². The van der Waals surface area contributed by atoms with Crippen molar-refractivity contribution in [1.29, 1.82) is 0 Å². The molecule has 0 atom stereocenters. The third-order valence-electron chi connectivity index (χ3n) is 3.67. The summed E-state index contributed by atoms with van der Waals surface area (Å²) in [6, 6.07) is 6.56. The van der Waals surface area contributed by atoms with Crippen molar-refractivity contribution in [2.75, 3.05) is 42.1 Å². The number of piperazine rings is 1. The minimum Gasteiger partial charge on any atom is -0.345 e. The number of carbonyl (C=O) groups is 1. The Kier molecular flexibility index (Phi) is 4.72. The van der Waals surface area contributed by atoms with Crippen LogP contribution < -0.4 is 9.62 Å². The van der Waals surface area contributed by atoms with Gasteiger partial charge in [-0.15, -0.1) is 11.3 Å². The smallest absolute Gasteiger partial charge is 0.254 e. The molecule has 1 fully saturated rings. The van der Waals surface area contributed by atoms with E-state index in [1.807, 2.05) is 5.38 Å². The SMILES string of the molecule is CS(=O)(=O)Nc1cccc(C(=O)N2CCN(c3nccs3)CC2)c1. The monoisotopic (exact) mass is 366 g/mol. The van der Waals surface area contributed by atoms with Crippen molar-refractivity contribution in [1.82, 2.24) is 9.88 Å². The minimum atomic E-state index is -3.36. The van der Waals surface area contributed by atoms with Crippen molar-refractivity contribution in [3.63, 3.8) is 0 Å². The number of thiazole rings is 1. The van der Waals surface area contributed by atoms with Crippen LogP contribution in [0.4, 0.5) is 10.8 Å². The maximum Gasteiger partial charge on any atom is 0.254 e. The van der Waals surface area contributed by atoms with Gasteiger partial charge in [-0.2, -0.15) is 0 Å². The van der Waals surface area contributed by atoms with Crippen LogP contribution in [0.25, 0.3) is 0 Å². The summed E-state index contributed by atoms with van der Waals surface area (Å²) < 4.78 is 25.0. The van der Waals surface area contributed by atoms with Gasteiger partial charge in [-0.3, -0.25) is 9.52 Å². The van der Waals surface area contributed by atoms with Gasteiger partial charge in [0.1, 0.15) is 0 Å². The van der Waals surface area contributed by atoms with E-state index in [9.17, 15) is 13.2 Å². The summed E-state index contributed by atoms with van der Waals surface area (Å²) in [4.78, 5) is 20.9. The second kappa shape index (κ2) is 6.78. The van der Waals surface area contributed by atoms with Gasteiger partial charge in [0.25, 0.3) is 5.91 Å². The lowest BCUT2D eigenvalue weighted by Crippen LogP contribution is -2.48. The van der Waals surface area contributed by atoms with Crippen molar-refractivity contribution in [3.05, 3.63) is 41.4 Å². The van der Waals surface area contributed by atoms with Crippen LogP contribution in [-0.2, 0) is 10.0 Å². The number of hydrogen-bond donors (Lipinski definition) is 1. The van der Waals surface area contributed by atoms with Crippen molar-refractivity contribution >= 4 is 38.1 Å². The average Bonchev–Trinajstić information content (AvgIpc) is 3.07. The fourth-order valence-electron chi connectivity index (χ4n) is 2.59. The third kappa shape index (κ3) is 4.04. The lowest BCUT2D eigenvalue weighted by atomic mass is 10.1. The first-order chi connectivity index (χ1) is 11.4. The Morgan fingerprint density at radius 1 is 1.25 bits per heavy atom. The van der Waals surface area contributed by atoms with E-state index >= 15 is 0 Å². The predicted molar refractivity (Wildman–Crippen MR) is 95.1 cm³/mol. The fraction of sp³-hybridized carbons (Fsp3) is 0.333. The van der Waals surface area contributed by atoms with E-state index in [4.69, 9.17) is 0 Å². The van der Waals surface area contributed by atoms with Crippen LogP contribution >= 0.6 is 11.3 Å². The van der Waals surface area contributed by atoms with E-state index in [0.717, 1.165) is 24.5 Å². The number of amides is 1. The van der Waals surface area contributed by atoms with E-state index in [-0.39, 0.29) is 5.91 Å². The normalized spacial score (nSPS) is 15.4. The third-order valence-corrected chi connectivity index (χ3v) is 5.11. The molecule has 24 heavy (non-hydrogen) atoms. The summed E-state index contributed by atoms with van der Waals surface area (Å²) in [7, 11) is -3.36. The molecule has 1 aromatic carbocycles. The zero-order chi connectivity index (χ0) is 17.2. The average molecular weight is 366 g/mol. The Bertz CT molecular complexity index is 813. The van der Waals surface area contributed by atoms with Crippen LogP contribution in [0.3, 0.4) is 0 Å².